The Balaban J connectivity index is 2.24. The Bertz CT molecular complexity index is 374. The summed E-state index contributed by atoms with van der Waals surface area (Å²) in [5.74, 6) is 0.890. The fourth-order valence-corrected chi connectivity index (χ4v) is 2.13. The third-order valence-corrected chi connectivity index (χ3v) is 3.36. The van der Waals surface area contributed by atoms with Crippen molar-refractivity contribution in [2.75, 3.05) is 0 Å². The summed E-state index contributed by atoms with van der Waals surface area (Å²) in [6, 6.07) is 5.54. The number of aromatic hydroxyl groups is 1. The van der Waals surface area contributed by atoms with Gasteiger partial charge in [-0.2, -0.15) is 0 Å². The molecule has 1 unspecified atom stereocenters. The molecule has 14 heavy (non-hydrogen) atoms. The molecule has 0 amide bonds. The standard InChI is InChI=1S/C11H11BrO2/c12-10-4-2-8(6-11(10)14)7-1-3-9(13)5-7/h2,4,6-7,14H,1,3,5H2. The van der Waals surface area contributed by atoms with Gasteiger partial charge < -0.3 is 5.11 Å². The van der Waals surface area contributed by atoms with Crippen molar-refractivity contribution in [3.8, 4) is 5.75 Å². The third-order valence-electron chi connectivity index (χ3n) is 2.69. The van der Waals surface area contributed by atoms with Crippen molar-refractivity contribution in [3.63, 3.8) is 0 Å². The maximum atomic E-state index is 11.1. The van der Waals surface area contributed by atoms with Crippen molar-refractivity contribution in [2.24, 2.45) is 0 Å². The number of benzene rings is 1. The number of carbonyl (C=O) groups excluding carboxylic acids is 1. The monoisotopic (exact) mass is 254 g/mol. The predicted octanol–water partition coefficient (Wildman–Crippen LogP) is 2.99. The molecule has 0 spiro atoms. The maximum absolute atomic E-state index is 11.1. The summed E-state index contributed by atoms with van der Waals surface area (Å²) in [5.41, 5.74) is 1.07. The van der Waals surface area contributed by atoms with Crippen molar-refractivity contribution in [1.82, 2.24) is 0 Å². The smallest absolute Gasteiger partial charge is 0.133 e. The molecule has 1 aliphatic rings. The molecule has 1 fully saturated rings. The van der Waals surface area contributed by atoms with Crippen LogP contribution in [0.5, 0.6) is 5.75 Å². The highest BCUT2D eigenvalue weighted by Crippen LogP contribution is 2.35. The van der Waals surface area contributed by atoms with Crippen LogP contribution in [0.3, 0.4) is 0 Å². The van der Waals surface area contributed by atoms with E-state index in [9.17, 15) is 9.90 Å². The number of phenolic OH excluding ortho intramolecular Hbond substituents is 1. The minimum atomic E-state index is 0.252. The molecule has 1 aromatic carbocycles. The Hall–Kier alpha value is -0.830. The molecule has 1 aliphatic carbocycles. The van der Waals surface area contributed by atoms with E-state index < -0.39 is 0 Å². The summed E-state index contributed by atoms with van der Waals surface area (Å²) in [5, 5.41) is 9.49. The lowest BCUT2D eigenvalue weighted by atomic mass is 9.98. The van der Waals surface area contributed by atoms with Crippen LogP contribution < -0.4 is 0 Å². The molecule has 1 aromatic rings. The molecule has 74 valence electrons. The zero-order valence-electron chi connectivity index (χ0n) is 7.66. The Morgan fingerprint density at radius 2 is 2.21 bits per heavy atom. The van der Waals surface area contributed by atoms with Crippen LogP contribution in [-0.2, 0) is 4.79 Å². The number of ketones is 1. The second-order valence-corrected chi connectivity index (χ2v) is 4.54. The van der Waals surface area contributed by atoms with Crippen molar-refractivity contribution in [1.29, 1.82) is 0 Å². The van der Waals surface area contributed by atoms with Gasteiger partial charge in [-0.3, -0.25) is 4.79 Å². The Morgan fingerprint density at radius 1 is 1.43 bits per heavy atom. The average Bonchev–Trinajstić information content (AvgIpc) is 2.57. The first-order valence-electron chi connectivity index (χ1n) is 4.67. The molecule has 0 radical (unpaired) electrons. The van der Waals surface area contributed by atoms with Gasteiger partial charge in [-0.05, 0) is 46.0 Å². The van der Waals surface area contributed by atoms with E-state index in [4.69, 9.17) is 0 Å². The van der Waals surface area contributed by atoms with E-state index in [2.05, 4.69) is 15.9 Å². The number of halogens is 1. The summed E-state index contributed by atoms with van der Waals surface area (Å²) in [7, 11) is 0. The van der Waals surface area contributed by atoms with E-state index >= 15 is 0 Å². The zero-order chi connectivity index (χ0) is 10.1. The van der Waals surface area contributed by atoms with Gasteiger partial charge in [0.25, 0.3) is 0 Å². The van der Waals surface area contributed by atoms with E-state index in [0.717, 1.165) is 12.0 Å². The fraction of sp³-hybridized carbons (Fsp3) is 0.364. The Labute approximate surface area is 91.1 Å². The van der Waals surface area contributed by atoms with Gasteiger partial charge >= 0.3 is 0 Å². The second-order valence-electron chi connectivity index (χ2n) is 3.69. The van der Waals surface area contributed by atoms with Crippen LogP contribution in [0.25, 0.3) is 0 Å². The minimum absolute atomic E-state index is 0.252. The largest absolute Gasteiger partial charge is 0.507 e. The van der Waals surface area contributed by atoms with Crippen LogP contribution in [0.15, 0.2) is 22.7 Å². The zero-order valence-corrected chi connectivity index (χ0v) is 9.25. The highest BCUT2D eigenvalue weighted by molar-refractivity contribution is 9.10. The third kappa shape index (κ3) is 1.82. The van der Waals surface area contributed by atoms with E-state index in [1.807, 2.05) is 12.1 Å². The van der Waals surface area contributed by atoms with Crippen molar-refractivity contribution in [2.45, 2.75) is 25.2 Å². The van der Waals surface area contributed by atoms with Crippen LogP contribution in [0, 0.1) is 0 Å². The molecule has 1 atom stereocenters. The van der Waals surface area contributed by atoms with Gasteiger partial charge in [-0.15, -0.1) is 0 Å². The van der Waals surface area contributed by atoms with Crippen LogP contribution in [-0.4, -0.2) is 10.9 Å². The van der Waals surface area contributed by atoms with Gasteiger partial charge in [0, 0.05) is 12.8 Å². The minimum Gasteiger partial charge on any atom is -0.507 e. The molecule has 0 saturated heterocycles. The van der Waals surface area contributed by atoms with Crippen LogP contribution in [0.4, 0.5) is 0 Å². The molecule has 2 nitrogen and oxygen atoms in total. The Kier molecular flexibility index (Phi) is 2.59. The molecular weight excluding hydrogens is 244 g/mol. The topological polar surface area (TPSA) is 37.3 Å². The highest BCUT2D eigenvalue weighted by atomic mass is 79.9. The first-order valence-corrected chi connectivity index (χ1v) is 5.46. The van der Waals surface area contributed by atoms with Gasteiger partial charge in [-0.25, -0.2) is 0 Å². The number of hydrogen-bond donors (Lipinski definition) is 1. The summed E-state index contributed by atoms with van der Waals surface area (Å²) >= 11 is 3.23. The summed E-state index contributed by atoms with van der Waals surface area (Å²) in [6.45, 7) is 0. The first-order chi connectivity index (χ1) is 6.66. The number of Topliss-reactive ketones (excluding diaryl/α,β-unsaturated/α-hetero) is 1. The van der Waals surface area contributed by atoms with Gasteiger partial charge in [0.2, 0.25) is 0 Å². The lowest BCUT2D eigenvalue weighted by Crippen LogP contribution is -1.93. The molecular formula is C11H11BrO2. The van der Waals surface area contributed by atoms with Crippen molar-refractivity contribution >= 4 is 21.7 Å². The van der Waals surface area contributed by atoms with E-state index in [1.165, 1.54) is 0 Å². The highest BCUT2D eigenvalue weighted by Gasteiger charge is 2.23. The molecule has 1 N–H and O–H groups in total. The average molecular weight is 255 g/mol. The van der Waals surface area contributed by atoms with Gasteiger partial charge in [0.1, 0.15) is 11.5 Å². The van der Waals surface area contributed by atoms with E-state index in [0.29, 0.717) is 29.0 Å². The number of hydrogen-bond acceptors (Lipinski definition) is 2. The molecule has 2 rings (SSSR count). The maximum Gasteiger partial charge on any atom is 0.133 e. The predicted molar refractivity (Wildman–Crippen MR) is 57.4 cm³/mol. The molecule has 0 aromatic heterocycles. The van der Waals surface area contributed by atoms with Gasteiger partial charge in [0.05, 0.1) is 4.47 Å². The van der Waals surface area contributed by atoms with Crippen LogP contribution >= 0.6 is 15.9 Å². The van der Waals surface area contributed by atoms with Crippen LogP contribution in [0.1, 0.15) is 30.7 Å². The summed E-state index contributed by atoms with van der Waals surface area (Å²) < 4.78 is 0.700. The van der Waals surface area contributed by atoms with E-state index in [-0.39, 0.29) is 5.75 Å². The summed E-state index contributed by atoms with van der Waals surface area (Å²) in [4.78, 5) is 11.1. The number of phenols is 1. The molecule has 0 aliphatic heterocycles. The summed E-state index contributed by atoms with van der Waals surface area (Å²) in [6.07, 6.45) is 2.22. The van der Waals surface area contributed by atoms with Gasteiger partial charge in [0.15, 0.2) is 0 Å². The number of rotatable bonds is 1. The molecule has 3 heteroatoms. The fourth-order valence-electron chi connectivity index (χ4n) is 1.88. The second kappa shape index (κ2) is 3.73. The Morgan fingerprint density at radius 3 is 2.79 bits per heavy atom. The van der Waals surface area contributed by atoms with E-state index in [1.54, 1.807) is 6.07 Å². The SMILES string of the molecule is O=C1CCC(c2ccc(Br)c(O)c2)C1. The quantitative estimate of drug-likeness (QED) is 0.837. The molecule has 0 bridgehead atoms. The lowest BCUT2D eigenvalue weighted by molar-refractivity contribution is -0.117. The first kappa shape index (κ1) is 9.71. The molecule has 1 saturated carbocycles. The van der Waals surface area contributed by atoms with Gasteiger partial charge in [-0.1, -0.05) is 6.07 Å². The van der Waals surface area contributed by atoms with Crippen molar-refractivity contribution < 1.29 is 9.90 Å². The normalized spacial score (nSPS) is 21.5. The number of carbonyl (C=O) groups is 1. The van der Waals surface area contributed by atoms with Crippen molar-refractivity contribution in [3.05, 3.63) is 28.2 Å². The molecule has 0 heterocycles. The lowest BCUT2D eigenvalue weighted by Gasteiger charge is -2.09. The van der Waals surface area contributed by atoms with Crippen LogP contribution in [0.2, 0.25) is 0 Å².